The van der Waals surface area contributed by atoms with Gasteiger partial charge < -0.3 is 15.3 Å². The van der Waals surface area contributed by atoms with Crippen LogP contribution in [-0.2, 0) is 14.4 Å². The van der Waals surface area contributed by atoms with Gasteiger partial charge in [-0.05, 0) is 52.3 Å². The predicted octanol–water partition coefficient (Wildman–Crippen LogP) is 4.24. The Morgan fingerprint density at radius 3 is 2.57 bits per heavy atom. The van der Waals surface area contributed by atoms with Crippen LogP contribution in [0.2, 0.25) is 0 Å². The summed E-state index contributed by atoms with van der Waals surface area (Å²) in [5.74, 6) is 1.27. The van der Waals surface area contributed by atoms with Crippen molar-refractivity contribution in [3.63, 3.8) is 0 Å². The molecule has 0 aromatic rings. The first-order chi connectivity index (χ1) is 13.4. The van der Waals surface area contributed by atoms with Gasteiger partial charge in [-0.15, -0.1) is 5.48 Å². The lowest BCUT2D eigenvalue weighted by Gasteiger charge is -2.23. The van der Waals surface area contributed by atoms with Crippen LogP contribution in [0, 0.1) is 11.8 Å². The fourth-order valence-corrected chi connectivity index (χ4v) is 3.83. The highest BCUT2D eigenvalue weighted by molar-refractivity contribution is 7.79. The molecule has 2 rings (SSSR count). The van der Waals surface area contributed by atoms with Crippen molar-refractivity contribution < 1.29 is 14.4 Å². The van der Waals surface area contributed by atoms with E-state index in [2.05, 4.69) is 23.1 Å². The highest BCUT2D eigenvalue weighted by Crippen LogP contribution is 2.29. The number of thiol groups is 1. The molecule has 2 unspecified atom stereocenters. The molecule has 1 saturated carbocycles. The Balaban J connectivity index is 0.00000190. The number of nitrogens with one attached hydrogen (secondary N) is 1. The number of carbonyl (C=O) groups excluding carboxylic acids is 1. The van der Waals surface area contributed by atoms with Crippen LogP contribution in [0.15, 0.2) is 4.99 Å². The van der Waals surface area contributed by atoms with E-state index in [0.29, 0.717) is 18.9 Å². The number of ether oxygens (including phenoxy) is 1. The van der Waals surface area contributed by atoms with Crippen molar-refractivity contribution in [1.82, 2.24) is 5.48 Å². The van der Waals surface area contributed by atoms with Crippen LogP contribution in [0.3, 0.4) is 0 Å². The first-order valence-corrected chi connectivity index (χ1v) is 11.6. The average molecular weight is 416 g/mol. The standard InChI is InChI=1S/C20H37N3O3.CH4S/c1-20(2,3)25-18(24)14-16(19-22-17(12-13-21)23-26-19)11-7-10-15-8-5-4-6-9-15;1-2/h15-17,23H,4-14,21H2,1-3H3;2H,1H3. The molecule has 3 N–H and O–H groups in total. The number of aliphatic imine (C=N–C) groups is 1. The summed E-state index contributed by atoms with van der Waals surface area (Å²) in [5.41, 5.74) is 8.05. The van der Waals surface area contributed by atoms with E-state index in [1.165, 1.54) is 38.5 Å². The molecule has 28 heavy (non-hydrogen) atoms. The zero-order valence-electron chi connectivity index (χ0n) is 18.2. The quantitative estimate of drug-likeness (QED) is 0.387. The molecule has 0 amide bonds. The lowest BCUT2D eigenvalue weighted by atomic mass is 9.84. The summed E-state index contributed by atoms with van der Waals surface area (Å²) in [6.45, 7) is 6.23. The van der Waals surface area contributed by atoms with Crippen LogP contribution in [0.25, 0.3) is 0 Å². The maximum atomic E-state index is 12.3. The van der Waals surface area contributed by atoms with E-state index in [4.69, 9.17) is 15.3 Å². The summed E-state index contributed by atoms with van der Waals surface area (Å²) >= 11 is 3.53. The van der Waals surface area contributed by atoms with E-state index in [1.54, 1.807) is 6.26 Å². The molecule has 0 radical (unpaired) electrons. The number of carbonyl (C=O) groups is 1. The van der Waals surface area contributed by atoms with Crippen LogP contribution in [0.5, 0.6) is 0 Å². The smallest absolute Gasteiger partial charge is 0.307 e. The van der Waals surface area contributed by atoms with Gasteiger partial charge in [0.25, 0.3) is 0 Å². The maximum absolute atomic E-state index is 12.3. The Hall–Kier alpha value is -0.790. The van der Waals surface area contributed by atoms with Crippen LogP contribution in [-0.4, -0.2) is 36.4 Å². The van der Waals surface area contributed by atoms with Gasteiger partial charge in [0.15, 0.2) is 0 Å². The highest BCUT2D eigenvalue weighted by atomic mass is 32.1. The van der Waals surface area contributed by atoms with E-state index in [9.17, 15) is 4.79 Å². The van der Waals surface area contributed by atoms with E-state index in [0.717, 1.165) is 25.2 Å². The fourth-order valence-electron chi connectivity index (χ4n) is 3.83. The van der Waals surface area contributed by atoms with Gasteiger partial charge >= 0.3 is 5.97 Å². The van der Waals surface area contributed by atoms with Gasteiger partial charge in [0, 0.05) is 5.92 Å². The molecule has 164 valence electrons. The van der Waals surface area contributed by atoms with Gasteiger partial charge in [-0.3, -0.25) is 4.79 Å². The second kappa shape index (κ2) is 13.4. The highest BCUT2D eigenvalue weighted by Gasteiger charge is 2.29. The second-order valence-electron chi connectivity index (χ2n) is 8.70. The Morgan fingerprint density at radius 1 is 1.29 bits per heavy atom. The summed E-state index contributed by atoms with van der Waals surface area (Å²) in [4.78, 5) is 22.5. The molecule has 0 saturated heterocycles. The molecule has 2 atom stereocenters. The number of rotatable bonds is 9. The topological polar surface area (TPSA) is 85.9 Å². The normalized spacial score (nSPS) is 21.2. The van der Waals surface area contributed by atoms with Gasteiger partial charge in [0.05, 0.1) is 6.42 Å². The zero-order valence-corrected chi connectivity index (χ0v) is 19.1. The minimum atomic E-state index is -0.470. The number of hydrogen-bond acceptors (Lipinski definition) is 7. The van der Waals surface area contributed by atoms with Gasteiger partial charge in [0.2, 0.25) is 5.90 Å². The minimum Gasteiger partial charge on any atom is -0.460 e. The van der Waals surface area contributed by atoms with E-state index >= 15 is 0 Å². The van der Waals surface area contributed by atoms with E-state index in [1.807, 2.05) is 20.8 Å². The summed E-state index contributed by atoms with van der Waals surface area (Å²) < 4.78 is 5.51. The largest absolute Gasteiger partial charge is 0.460 e. The molecule has 0 bridgehead atoms. The van der Waals surface area contributed by atoms with Crippen molar-refractivity contribution in [2.24, 2.45) is 22.6 Å². The average Bonchev–Trinajstić information content (AvgIpc) is 3.11. The van der Waals surface area contributed by atoms with Crippen molar-refractivity contribution in [3.8, 4) is 0 Å². The first-order valence-electron chi connectivity index (χ1n) is 10.7. The van der Waals surface area contributed by atoms with Gasteiger partial charge in [-0.2, -0.15) is 12.6 Å². The molecule has 7 heteroatoms. The Morgan fingerprint density at radius 2 is 1.96 bits per heavy atom. The molecule has 1 aliphatic heterocycles. The molecule has 6 nitrogen and oxygen atoms in total. The van der Waals surface area contributed by atoms with Crippen LogP contribution < -0.4 is 11.2 Å². The number of nitrogens with zero attached hydrogens (tertiary/aromatic N) is 1. The van der Waals surface area contributed by atoms with Crippen molar-refractivity contribution in [3.05, 3.63) is 0 Å². The molecule has 2 aliphatic rings. The molecule has 0 aromatic carbocycles. The molecule has 1 aliphatic carbocycles. The Labute approximate surface area is 176 Å². The second-order valence-corrected chi connectivity index (χ2v) is 8.70. The number of nitrogens with two attached hydrogens (primary N) is 1. The van der Waals surface area contributed by atoms with Gasteiger partial charge in [-0.1, -0.05) is 44.9 Å². The summed E-state index contributed by atoms with van der Waals surface area (Å²) in [6.07, 6.45) is 12.7. The summed E-state index contributed by atoms with van der Waals surface area (Å²) in [5, 5.41) is 0. The first kappa shape index (κ1) is 25.2. The predicted molar refractivity (Wildman–Crippen MR) is 118 cm³/mol. The van der Waals surface area contributed by atoms with Gasteiger partial charge in [0.1, 0.15) is 11.8 Å². The van der Waals surface area contributed by atoms with Crippen LogP contribution in [0.1, 0.15) is 85.0 Å². The maximum Gasteiger partial charge on any atom is 0.307 e. The molecule has 1 heterocycles. The molecular weight excluding hydrogens is 374 g/mol. The lowest BCUT2D eigenvalue weighted by molar-refractivity contribution is -0.155. The summed E-state index contributed by atoms with van der Waals surface area (Å²) in [6, 6.07) is 0. The van der Waals surface area contributed by atoms with Crippen LogP contribution >= 0.6 is 12.6 Å². The SMILES string of the molecule is CC(C)(C)OC(=O)CC(CCCC1CCCCC1)C1=NC(CCN)NO1.CS. The minimum absolute atomic E-state index is 0.0243. The number of esters is 1. The van der Waals surface area contributed by atoms with Crippen molar-refractivity contribution in [2.45, 2.75) is 96.7 Å². The Bertz CT molecular complexity index is 474. The summed E-state index contributed by atoms with van der Waals surface area (Å²) in [7, 11) is 0. The third-order valence-electron chi connectivity index (χ3n) is 5.09. The number of hydroxylamine groups is 1. The van der Waals surface area contributed by atoms with Crippen LogP contribution in [0.4, 0.5) is 0 Å². The zero-order chi connectivity index (χ0) is 21.0. The van der Waals surface area contributed by atoms with Crippen molar-refractivity contribution >= 4 is 24.5 Å². The lowest BCUT2D eigenvalue weighted by Crippen LogP contribution is -2.28. The molecule has 1 fully saturated rings. The molecular formula is C21H41N3O3S. The van der Waals surface area contributed by atoms with Gasteiger partial charge in [-0.25, -0.2) is 4.99 Å². The third kappa shape index (κ3) is 10.1. The molecule has 0 spiro atoms. The fraction of sp³-hybridized carbons (Fsp3) is 0.905. The molecule has 0 aromatic heterocycles. The van der Waals surface area contributed by atoms with Crippen molar-refractivity contribution in [2.75, 3.05) is 12.8 Å². The third-order valence-corrected chi connectivity index (χ3v) is 5.09. The monoisotopic (exact) mass is 415 g/mol. The van der Waals surface area contributed by atoms with Crippen molar-refractivity contribution in [1.29, 1.82) is 0 Å². The number of hydrogen-bond donors (Lipinski definition) is 3. The van der Waals surface area contributed by atoms with E-state index < -0.39 is 5.60 Å². The van der Waals surface area contributed by atoms with E-state index in [-0.39, 0.29) is 18.1 Å². The Kier molecular flexibility index (Phi) is 12.1.